The molecule has 17 heteroatoms. The lowest BCUT2D eigenvalue weighted by atomic mass is 9.70. The highest BCUT2D eigenvalue weighted by molar-refractivity contribution is 7.90. The summed E-state index contributed by atoms with van der Waals surface area (Å²) in [5.41, 5.74) is 2.49. The molecule has 2 saturated heterocycles. The van der Waals surface area contributed by atoms with E-state index in [4.69, 9.17) is 21.1 Å². The zero-order chi connectivity index (χ0) is 41.6. The second kappa shape index (κ2) is 16.9. The van der Waals surface area contributed by atoms with Crippen molar-refractivity contribution >= 4 is 39.1 Å². The van der Waals surface area contributed by atoms with Gasteiger partial charge >= 0.3 is 6.18 Å². The number of benzene rings is 2. The van der Waals surface area contributed by atoms with Crippen LogP contribution in [-0.2, 0) is 31.4 Å². The number of carbonyl (C=O) groups is 2. The third kappa shape index (κ3) is 8.86. The lowest BCUT2D eigenvalue weighted by Gasteiger charge is -2.42. The Morgan fingerprint density at radius 3 is 2.67 bits per heavy atom. The SMILES string of the molecule is C[C@@H]1[C@@H](C)C/C=C(\F)[C@H](C(=O)N(C)CCN2CCOC(C(F)(F)F)C2)N2CCC[C@H]2CN2C[C@@]3(CCCc4cc(Cl)ccc43)COc3ccc(cc32)C(=O)NS1(=O)=O. The van der Waals surface area contributed by atoms with Gasteiger partial charge in [0.2, 0.25) is 15.9 Å². The second-order valence-corrected chi connectivity index (χ2v) is 19.1. The van der Waals surface area contributed by atoms with E-state index in [0.29, 0.717) is 55.5 Å². The largest absolute Gasteiger partial charge is 0.490 e. The minimum atomic E-state index is -4.52. The number of alkyl halides is 3. The third-order valence-electron chi connectivity index (χ3n) is 12.8. The maximum atomic E-state index is 16.9. The number of nitrogens with zero attached hydrogens (tertiary/aromatic N) is 4. The number of ether oxygens (including phenoxy) is 2. The fraction of sp³-hybridized carbons (Fsp3) is 0.610. The van der Waals surface area contributed by atoms with Gasteiger partial charge in [-0.1, -0.05) is 30.7 Å². The van der Waals surface area contributed by atoms with Crippen LogP contribution in [0.3, 0.4) is 0 Å². The van der Waals surface area contributed by atoms with E-state index in [1.807, 2.05) is 23.1 Å². The van der Waals surface area contributed by atoms with E-state index < -0.39 is 62.6 Å². The Bertz CT molecular complexity index is 2020. The van der Waals surface area contributed by atoms with Crippen molar-refractivity contribution in [2.75, 3.05) is 71.0 Å². The van der Waals surface area contributed by atoms with Gasteiger partial charge in [0.15, 0.2) is 6.10 Å². The second-order valence-electron chi connectivity index (χ2n) is 16.7. The topological polar surface area (TPSA) is 112 Å². The predicted octanol–water partition coefficient (Wildman–Crippen LogP) is 5.71. The maximum Gasteiger partial charge on any atom is 0.415 e. The summed E-state index contributed by atoms with van der Waals surface area (Å²) in [6, 6.07) is 9.12. The van der Waals surface area contributed by atoms with Gasteiger partial charge in [0.25, 0.3) is 5.91 Å². The first-order valence-electron chi connectivity index (χ1n) is 20.1. The van der Waals surface area contributed by atoms with Crippen molar-refractivity contribution in [3.8, 4) is 5.75 Å². The van der Waals surface area contributed by atoms with Crippen LogP contribution >= 0.6 is 11.6 Å². The van der Waals surface area contributed by atoms with Crippen LogP contribution in [0, 0.1) is 5.92 Å². The van der Waals surface area contributed by atoms with Gasteiger partial charge in [-0.2, -0.15) is 13.2 Å². The molecule has 1 unspecified atom stereocenters. The zero-order valence-electron chi connectivity index (χ0n) is 33.1. The lowest BCUT2D eigenvalue weighted by Crippen LogP contribution is -2.55. The average Bonchev–Trinajstić information content (AvgIpc) is 3.57. The summed E-state index contributed by atoms with van der Waals surface area (Å²) in [4.78, 5) is 35.1. The molecule has 0 radical (unpaired) electrons. The Balaban J connectivity index is 1.25. The van der Waals surface area contributed by atoms with Crippen molar-refractivity contribution in [3.63, 3.8) is 0 Å². The number of fused-ring (bicyclic) bond motifs is 4. The van der Waals surface area contributed by atoms with E-state index >= 15 is 4.39 Å². The molecule has 2 bridgehead atoms. The minimum Gasteiger partial charge on any atom is -0.490 e. The number of anilines is 1. The summed E-state index contributed by atoms with van der Waals surface area (Å²) in [7, 11) is -2.69. The Hall–Kier alpha value is -3.44. The minimum absolute atomic E-state index is 0.0328. The van der Waals surface area contributed by atoms with Gasteiger partial charge in [0, 0.05) is 68.4 Å². The zero-order valence-corrected chi connectivity index (χ0v) is 34.6. The highest BCUT2D eigenvalue weighted by Gasteiger charge is 2.46. The number of sulfonamides is 1. The van der Waals surface area contributed by atoms with Crippen molar-refractivity contribution < 1.29 is 45.0 Å². The number of rotatable bonds is 4. The molecule has 4 heterocycles. The maximum absolute atomic E-state index is 16.9. The van der Waals surface area contributed by atoms with Gasteiger partial charge in [-0.05, 0) is 99.4 Å². The molecule has 2 aromatic carbocycles. The molecular formula is C41H52ClF4N5O6S. The molecule has 11 nitrogen and oxygen atoms in total. The Morgan fingerprint density at radius 1 is 1.10 bits per heavy atom. The number of allylic oxidation sites excluding steroid dienone is 1. The van der Waals surface area contributed by atoms with E-state index in [2.05, 4.69) is 9.62 Å². The number of hydrogen-bond acceptors (Lipinski definition) is 9. The molecule has 6 atom stereocenters. The molecule has 2 fully saturated rings. The molecule has 5 aliphatic rings. The molecule has 7 rings (SSSR count). The quantitative estimate of drug-likeness (QED) is 0.387. The standard InChI is InChI=1S/C41H52ClF4N5O6S/c1-26-8-12-33(43)37(39(53)48(3)16-17-49-18-19-56-36(23-49)41(44,45)46)51-15-5-7-31(51)22-50-24-40(14-4-6-28-20-30(42)10-11-32(28)40)25-57-35-13-9-29(21-34(35)50)38(52)47-58(54,55)27(26)2/h9-13,20-21,26-27,31,36-37H,4-8,14-19,22-25H2,1-3H3,(H,47,52)/b33-12-/t26-,27+,31-,36?,37+,40-/m0/s1. The smallest absolute Gasteiger partial charge is 0.415 e. The molecule has 2 amide bonds. The monoisotopic (exact) mass is 853 g/mol. The number of likely N-dealkylation sites (N-methyl/N-ethyl adjacent to an activating group) is 1. The van der Waals surface area contributed by atoms with E-state index in [0.717, 1.165) is 30.4 Å². The Labute approximate surface area is 342 Å². The van der Waals surface area contributed by atoms with Crippen molar-refractivity contribution in [2.45, 2.75) is 87.4 Å². The van der Waals surface area contributed by atoms with Gasteiger partial charge < -0.3 is 19.3 Å². The van der Waals surface area contributed by atoms with Gasteiger partial charge in [-0.25, -0.2) is 17.5 Å². The summed E-state index contributed by atoms with van der Waals surface area (Å²) < 4.78 is 98.1. The summed E-state index contributed by atoms with van der Waals surface area (Å²) in [6.45, 7) is 4.65. The van der Waals surface area contributed by atoms with Crippen LogP contribution in [0.25, 0.3) is 0 Å². The molecule has 1 spiro atoms. The summed E-state index contributed by atoms with van der Waals surface area (Å²) >= 11 is 6.45. The molecule has 4 aliphatic heterocycles. The van der Waals surface area contributed by atoms with E-state index in [1.165, 1.54) is 24.9 Å². The van der Waals surface area contributed by atoms with Crippen LogP contribution in [0.2, 0.25) is 5.02 Å². The molecule has 0 aromatic heterocycles. The predicted molar refractivity (Wildman–Crippen MR) is 212 cm³/mol. The van der Waals surface area contributed by atoms with E-state index in [1.54, 1.807) is 30.0 Å². The fourth-order valence-electron chi connectivity index (χ4n) is 9.22. The van der Waals surface area contributed by atoms with Gasteiger partial charge in [-0.15, -0.1) is 0 Å². The summed E-state index contributed by atoms with van der Waals surface area (Å²) in [5.74, 6) is -2.18. The number of carbonyl (C=O) groups excluding carboxylic acids is 2. The number of halogens is 5. The normalized spacial score (nSPS) is 30.6. The van der Waals surface area contributed by atoms with Gasteiger partial charge in [-0.3, -0.25) is 19.4 Å². The molecule has 0 saturated carbocycles. The van der Waals surface area contributed by atoms with Crippen LogP contribution in [0.15, 0.2) is 48.3 Å². The van der Waals surface area contributed by atoms with Crippen LogP contribution in [-0.4, -0.2) is 131 Å². The van der Waals surface area contributed by atoms with Crippen molar-refractivity contribution in [2.24, 2.45) is 5.92 Å². The number of aryl methyl sites for hydroxylation is 1. The fourth-order valence-corrected chi connectivity index (χ4v) is 10.7. The highest BCUT2D eigenvalue weighted by atomic mass is 35.5. The van der Waals surface area contributed by atoms with Crippen LogP contribution in [0.1, 0.15) is 67.4 Å². The van der Waals surface area contributed by atoms with Crippen molar-refractivity contribution in [1.29, 1.82) is 0 Å². The molecule has 1 aliphatic carbocycles. The molecule has 318 valence electrons. The number of amides is 2. The van der Waals surface area contributed by atoms with Crippen LogP contribution in [0.4, 0.5) is 23.2 Å². The number of nitrogens with one attached hydrogen (secondary N) is 1. The molecule has 2 aromatic rings. The van der Waals surface area contributed by atoms with E-state index in [-0.39, 0.29) is 50.8 Å². The first kappa shape index (κ1) is 42.7. The van der Waals surface area contributed by atoms with Gasteiger partial charge in [0.1, 0.15) is 17.6 Å². The highest BCUT2D eigenvalue weighted by Crippen LogP contribution is 2.45. The van der Waals surface area contributed by atoms with Crippen molar-refractivity contribution in [3.05, 3.63) is 70.0 Å². The van der Waals surface area contributed by atoms with Crippen molar-refractivity contribution in [1.82, 2.24) is 19.4 Å². The number of hydrogen-bond donors (Lipinski definition) is 1. The van der Waals surface area contributed by atoms with Crippen LogP contribution < -0.4 is 14.4 Å². The average molecular weight is 854 g/mol. The third-order valence-corrected chi connectivity index (χ3v) is 15.0. The Kier molecular flexibility index (Phi) is 12.4. The summed E-state index contributed by atoms with van der Waals surface area (Å²) in [5, 5.41) is -0.458. The molecular weight excluding hydrogens is 802 g/mol. The van der Waals surface area contributed by atoms with Crippen LogP contribution in [0.5, 0.6) is 5.75 Å². The Morgan fingerprint density at radius 2 is 1.90 bits per heavy atom. The molecule has 58 heavy (non-hydrogen) atoms. The lowest BCUT2D eigenvalue weighted by molar-refractivity contribution is -0.237. The van der Waals surface area contributed by atoms with Gasteiger partial charge in [0.05, 0.1) is 24.2 Å². The molecule has 1 N–H and O–H groups in total. The first-order valence-corrected chi connectivity index (χ1v) is 22.0. The first-order chi connectivity index (χ1) is 27.5. The summed E-state index contributed by atoms with van der Waals surface area (Å²) in [6.07, 6.45) is -1.34. The van der Waals surface area contributed by atoms with E-state index in [9.17, 15) is 31.2 Å². The number of morpholine rings is 1.